The van der Waals surface area contributed by atoms with E-state index in [4.69, 9.17) is 47.8 Å². The zero-order valence-corrected chi connectivity index (χ0v) is 35.0. The van der Waals surface area contributed by atoms with Crippen LogP contribution in [0, 0.1) is 43.1 Å². The van der Waals surface area contributed by atoms with Crippen LogP contribution in [-0.4, -0.2) is 9.97 Å². The molecule has 6 rings (SSSR count). The largest absolute Gasteiger partial charge is 1.00 e. The maximum absolute atomic E-state index is 8.49. The van der Waals surface area contributed by atoms with Gasteiger partial charge in [0, 0.05) is 38.4 Å². The summed E-state index contributed by atoms with van der Waals surface area (Å²) in [5.74, 6) is 0. The normalized spacial score (nSPS) is 9.61. The van der Waals surface area contributed by atoms with Crippen molar-refractivity contribution in [2.45, 2.75) is 13.8 Å². The van der Waals surface area contributed by atoms with Crippen molar-refractivity contribution >= 4 is 47.9 Å². The Balaban J connectivity index is 0. The van der Waals surface area contributed by atoms with E-state index in [-0.39, 0.29) is 34.1 Å². The van der Waals surface area contributed by atoms with Crippen LogP contribution in [0.1, 0.15) is 13.8 Å². The van der Waals surface area contributed by atoms with Crippen LogP contribution in [0.2, 0.25) is 0 Å². The van der Waals surface area contributed by atoms with Crippen molar-refractivity contribution in [1.29, 1.82) is 10.5 Å². The number of aromatic nitrogens is 2. The summed E-state index contributed by atoms with van der Waals surface area (Å²) in [4.78, 5) is 9.15. The van der Waals surface area contributed by atoms with Gasteiger partial charge in [-0.1, -0.05) is 84.9 Å². The fourth-order valence-electron chi connectivity index (χ4n) is 4.37. The summed E-state index contributed by atoms with van der Waals surface area (Å²) in [6, 6.07) is 58.6. The molecule has 0 unspecified atom stereocenters. The van der Waals surface area contributed by atoms with E-state index in [1.807, 2.05) is 24.5 Å². The van der Waals surface area contributed by atoms with Gasteiger partial charge < -0.3 is 0 Å². The Bertz CT molecular complexity index is 1570. The van der Waals surface area contributed by atoms with Crippen molar-refractivity contribution in [2.75, 3.05) is 0 Å². The number of halogens is 2. The van der Waals surface area contributed by atoms with E-state index in [1.54, 1.807) is 12.1 Å². The average Bonchev–Trinajstić information content (AvgIpc) is 3.14. The van der Waals surface area contributed by atoms with Crippen molar-refractivity contribution in [3.05, 3.63) is 170 Å². The molecule has 0 aliphatic rings. The van der Waals surface area contributed by atoms with E-state index in [0.717, 1.165) is 0 Å². The molecule has 300 valence electrons. The zero-order valence-electron chi connectivity index (χ0n) is 29.6. The summed E-state index contributed by atoms with van der Waals surface area (Å²) in [6.45, 7) is 2.86. The predicted octanol–water partition coefficient (Wildman–Crippen LogP) is -3.31. The average molecular weight is 937 g/mol. The summed E-state index contributed by atoms with van der Waals surface area (Å²) in [7, 11) is -11.9. The standard InChI is InChI=1S/2C17H14NP.2C2H3N.2ClHO4.2Cu/c2*1-3-9-15(10-4-1)19(16-11-5-2-6-12-16)17-13-7-8-14-18-17;2*1-2-3;2*2-1(3,4)5;;/h2*1-14H;2*1H3;2*(H,2,3,4,5);;/q;;;;;;2*+1. The molecule has 0 amide bonds. The molecule has 0 radical (unpaired) electrons. The van der Waals surface area contributed by atoms with Crippen LogP contribution in [0.4, 0.5) is 0 Å². The molecule has 56 heavy (non-hydrogen) atoms. The number of benzene rings is 4. The number of pyridine rings is 2. The summed E-state index contributed by atoms with van der Waals surface area (Å²) >= 11 is 0. The second-order valence-corrected chi connectivity index (χ2v) is 16.2. The quantitative estimate of drug-likeness (QED) is 0.118. The summed E-state index contributed by atoms with van der Waals surface area (Å²) in [5.41, 5.74) is 2.37. The van der Waals surface area contributed by atoms with Gasteiger partial charge in [0.2, 0.25) is 0 Å². The van der Waals surface area contributed by atoms with Crippen LogP contribution in [0.15, 0.2) is 170 Å². The van der Waals surface area contributed by atoms with Gasteiger partial charge >= 0.3 is 34.1 Å². The van der Waals surface area contributed by atoms with Gasteiger partial charge in [-0.15, -0.1) is 20.5 Å². The van der Waals surface area contributed by atoms with Gasteiger partial charge in [0.1, 0.15) is 37.1 Å². The van der Waals surface area contributed by atoms with Crippen molar-refractivity contribution in [1.82, 2.24) is 9.97 Å². The van der Waals surface area contributed by atoms with Crippen LogP contribution in [0.5, 0.6) is 0 Å². The molecule has 0 N–H and O–H groups in total. The van der Waals surface area contributed by atoms with Crippen molar-refractivity contribution in [3.63, 3.8) is 0 Å². The Morgan fingerprint density at radius 1 is 0.393 bits per heavy atom. The van der Waals surface area contributed by atoms with Crippen LogP contribution in [0.3, 0.4) is 0 Å². The molecular weight excluding hydrogens is 900 g/mol. The summed E-state index contributed by atoms with van der Waals surface area (Å²) in [6.07, 6.45) is 3.76. The topological polar surface area (TPSA) is 258 Å². The molecule has 18 heteroatoms. The molecule has 6 aromatic rings. The van der Waals surface area contributed by atoms with Crippen LogP contribution in [0.25, 0.3) is 0 Å². The SMILES string of the molecule is CC#N.CC#N.[Cu+].[Cu+].[O-][Cl+3]([O-])([O-])[O-].[O-][Cl+3]([O-])([O-])[O-].c1ccc([PH+](c2ccccc2)c2ccccn2)cc1.c1ccc([PH+](c2ccccc2)c2ccccn2)cc1. The monoisotopic (exact) mass is 934 g/mol. The second-order valence-electron chi connectivity index (χ2n) is 9.85. The molecule has 2 aromatic heterocycles. The van der Waals surface area contributed by atoms with Crippen molar-refractivity contribution < 1.29 is 91.9 Å². The van der Waals surface area contributed by atoms with E-state index in [2.05, 4.69) is 156 Å². The molecular formula is C38H36Cl2Cu2N4O8P2+2. The smallest absolute Gasteiger partial charge is 0.222 e. The van der Waals surface area contributed by atoms with Gasteiger partial charge in [0.05, 0.1) is 12.1 Å². The van der Waals surface area contributed by atoms with E-state index < -0.39 is 36.3 Å². The first-order chi connectivity index (χ1) is 25.7. The molecule has 0 aliphatic carbocycles. The molecule has 0 bridgehead atoms. The number of hydrogen-bond donors (Lipinski definition) is 0. The van der Waals surface area contributed by atoms with Crippen LogP contribution >= 0.6 is 15.8 Å². The van der Waals surface area contributed by atoms with Crippen molar-refractivity contribution in [3.8, 4) is 12.1 Å². The number of nitrogens with zero attached hydrogens (tertiary/aromatic N) is 4. The molecule has 0 aliphatic heterocycles. The zero-order chi connectivity index (χ0) is 40.2. The van der Waals surface area contributed by atoms with E-state index in [0.29, 0.717) is 0 Å². The van der Waals surface area contributed by atoms with Gasteiger partial charge in [-0.25, -0.2) is 47.2 Å². The molecule has 4 aromatic carbocycles. The minimum Gasteiger partial charge on any atom is -0.222 e. The van der Waals surface area contributed by atoms with E-state index in [9.17, 15) is 0 Å². The van der Waals surface area contributed by atoms with Crippen molar-refractivity contribution in [2.24, 2.45) is 0 Å². The Kier molecular flexibility index (Phi) is 30.5. The number of rotatable bonds is 6. The van der Waals surface area contributed by atoms with Gasteiger partial charge in [0.25, 0.3) is 0 Å². The predicted molar refractivity (Wildman–Crippen MR) is 191 cm³/mol. The van der Waals surface area contributed by atoms with E-state index >= 15 is 0 Å². The number of nitriles is 2. The molecule has 0 fully saturated rings. The second kappa shape index (κ2) is 31.4. The summed E-state index contributed by atoms with van der Waals surface area (Å²) < 4.78 is 67.9. The Hall–Kier alpha value is -3.68. The third-order valence-electron chi connectivity index (χ3n) is 6.09. The number of hydrogen-bond acceptors (Lipinski definition) is 12. The van der Waals surface area contributed by atoms with Gasteiger partial charge in [-0.2, -0.15) is 10.5 Å². The fraction of sp³-hybridized carbons (Fsp3) is 0.0526. The first-order valence-corrected chi connectivity index (χ1v) is 20.8. The summed E-state index contributed by atoms with van der Waals surface area (Å²) in [5, 5.41) is 20.1. The Morgan fingerprint density at radius 3 is 0.732 bits per heavy atom. The Labute approximate surface area is 354 Å². The van der Waals surface area contributed by atoms with Crippen LogP contribution in [-0.2, 0) is 34.1 Å². The minimum atomic E-state index is -4.94. The van der Waals surface area contributed by atoms with Gasteiger partial charge in [0.15, 0.2) is 10.9 Å². The van der Waals surface area contributed by atoms with E-state index in [1.165, 1.54) is 45.9 Å². The molecule has 12 nitrogen and oxygen atoms in total. The van der Waals surface area contributed by atoms with Gasteiger partial charge in [-0.05, 0) is 60.7 Å². The first kappa shape index (κ1) is 54.4. The fourth-order valence-corrected chi connectivity index (χ4v) is 9.25. The molecule has 0 saturated heterocycles. The van der Waals surface area contributed by atoms with Gasteiger partial charge in [-0.3, -0.25) is 0 Å². The van der Waals surface area contributed by atoms with Crippen LogP contribution < -0.4 is 69.4 Å². The molecule has 0 saturated carbocycles. The third kappa shape index (κ3) is 26.2. The molecule has 0 spiro atoms. The first-order valence-electron chi connectivity index (χ1n) is 15.4. The minimum absolute atomic E-state index is 0. The molecule has 2 heterocycles. The third-order valence-corrected chi connectivity index (χ3v) is 11.4. The maximum atomic E-state index is 8.49. The Morgan fingerprint density at radius 2 is 0.571 bits per heavy atom. The molecule has 0 atom stereocenters. The maximum Gasteiger partial charge on any atom is 1.00 e.